The average Bonchev–Trinajstić information content (AvgIpc) is 3.03. The molecular formula is C35H37ClFN3O4S. The smallest absolute Gasteiger partial charge is 0.264 e. The predicted molar refractivity (Wildman–Crippen MR) is 176 cm³/mol. The lowest BCUT2D eigenvalue weighted by molar-refractivity contribution is -0.140. The van der Waals surface area contributed by atoms with Gasteiger partial charge in [-0.25, -0.2) is 12.8 Å². The van der Waals surface area contributed by atoms with Crippen LogP contribution in [0.25, 0.3) is 0 Å². The summed E-state index contributed by atoms with van der Waals surface area (Å²) in [5.74, 6) is -1.40. The summed E-state index contributed by atoms with van der Waals surface area (Å²) >= 11 is 6.11. The summed E-state index contributed by atoms with van der Waals surface area (Å²) in [6.07, 6.45) is 1.82. The van der Waals surface area contributed by atoms with Crippen LogP contribution in [0.4, 0.5) is 10.1 Å². The van der Waals surface area contributed by atoms with E-state index in [0.29, 0.717) is 17.1 Å². The molecule has 0 aliphatic carbocycles. The Morgan fingerprint density at radius 2 is 1.51 bits per heavy atom. The highest BCUT2D eigenvalue weighted by Gasteiger charge is 2.34. The number of carbonyl (C=O) groups excluding carboxylic acids is 2. The minimum atomic E-state index is -4.22. The molecule has 1 unspecified atom stereocenters. The van der Waals surface area contributed by atoms with Crippen molar-refractivity contribution in [3.05, 3.63) is 131 Å². The number of sulfonamides is 1. The molecule has 1 atom stereocenters. The highest BCUT2D eigenvalue weighted by Crippen LogP contribution is 2.26. The third kappa shape index (κ3) is 9.15. The van der Waals surface area contributed by atoms with E-state index in [0.717, 1.165) is 28.3 Å². The minimum Gasteiger partial charge on any atom is -0.354 e. The van der Waals surface area contributed by atoms with Crippen LogP contribution in [0.5, 0.6) is 0 Å². The van der Waals surface area contributed by atoms with Crippen molar-refractivity contribution < 1.29 is 22.4 Å². The van der Waals surface area contributed by atoms with Crippen molar-refractivity contribution >= 4 is 39.1 Å². The molecule has 4 rings (SSSR count). The molecule has 0 radical (unpaired) electrons. The fraction of sp³-hybridized carbons (Fsp3) is 0.257. The number of anilines is 1. The monoisotopic (exact) mass is 649 g/mol. The van der Waals surface area contributed by atoms with Crippen LogP contribution in [0.15, 0.2) is 108 Å². The van der Waals surface area contributed by atoms with Gasteiger partial charge >= 0.3 is 0 Å². The van der Waals surface area contributed by atoms with Crippen molar-refractivity contribution in [2.75, 3.05) is 17.4 Å². The first-order valence-corrected chi connectivity index (χ1v) is 16.6. The maximum atomic E-state index is 14.4. The summed E-state index contributed by atoms with van der Waals surface area (Å²) in [6.45, 7) is 3.65. The molecule has 0 aromatic heterocycles. The standard InChI is InChI=1S/C35H37ClFN3O4S/c1-3-4-22-38-35(42)33(23-27-8-6-5-7-9-27)39(24-28-12-16-30(37)17-13-28)34(41)25-40(31-18-14-29(36)15-19-31)45(43,44)32-20-10-26(2)11-21-32/h5-21,33H,3-4,22-25H2,1-2H3,(H,38,42). The number of nitrogens with one attached hydrogen (secondary N) is 1. The molecule has 0 bridgehead atoms. The van der Waals surface area contributed by atoms with Crippen molar-refractivity contribution in [1.82, 2.24) is 10.2 Å². The van der Waals surface area contributed by atoms with Crippen molar-refractivity contribution in [1.29, 1.82) is 0 Å². The van der Waals surface area contributed by atoms with E-state index >= 15 is 0 Å². The van der Waals surface area contributed by atoms with Gasteiger partial charge in [-0.2, -0.15) is 0 Å². The second-order valence-corrected chi connectivity index (χ2v) is 13.1. The van der Waals surface area contributed by atoms with Crippen molar-refractivity contribution in [2.45, 2.75) is 50.6 Å². The molecule has 0 spiro atoms. The van der Waals surface area contributed by atoms with Crippen LogP contribution in [0.3, 0.4) is 0 Å². The molecule has 4 aromatic rings. The number of halogens is 2. The van der Waals surface area contributed by atoms with Gasteiger partial charge in [0.05, 0.1) is 10.6 Å². The van der Waals surface area contributed by atoms with Gasteiger partial charge in [0, 0.05) is 24.5 Å². The van der Waals surface area contributed by atoms with E-state index in [1.54, 1.807) is 36.4 Å². The number of unbranched alkanes of at least 4 members (excludes halogenated alkanes) is 1. The summed E-state index contributed by atoms with van der Waals surface area (Å²) in [5.41, 5.74) is 2.53. The Morgan fingerprint density at radius 1 is 0.867 bits per heavy atom. The second-order valence-electron chi connectivity index (χ2n) is 10.8. The Hall–Kier alpha value is -4.21. The number of amides is 2. The first-order chi connectivity index (χ1) is 21.6. The first-order valence-electron chi connectivity index (χ1n) is 14.8. The third-order valence-corrected chi connectivity index (χ3v) is 9.41. The molecule has 45 heavy (non-hydrogen) atoms. The lowest BCUT2D eigenvalue weighted by atomic mass is 10.0. The lowest BCUT2D eigenvalue weighted by Gasteiger charge is -2.34. The molecule has 0 heterocycles. The van der Waals surface area contributed by atoms with Gasteiger partial charge in [0.25, 0.3) is 10.0 Å². The van der Waals surface area contributed by atoms with Crippen LogP contribution in [-0.4, -0.2) is 44.3 Å². The Labute approximate surface area is 269 Å². The fourth-order valence-corrected chi connectivity index (χ4v) is 6.36. The number of hydrogen-bond donors (Lipinski definition) is 1. The summed E-state index contributed by atoms with van der Waals surface area (Å²) in [7, 11) is -4.22. The largest absolute Gasteiger partial charge is 0.354 e. The number of nitrogens with zero attached hydrogens (tertiary/aromatic N) is 2. The van der Waals surface area contributed by atoms with E-state index in [9.17, 15) is 22.4 Å². The zero-order chi connectivity index (χ0) is 32.4. The number of benzene rings is 4. The van der Waals surface area contributed by atoms with Crippen molar-refractivity contribution in [3.8, 4) is 0 Å². The van der Waals surface area contributed by atoms with Crippen molar-refractivity contribution in [3.63, 3.8) is 0 Å². The first kappa shape index (κ1) is 33.7. The average molecular weight is 650 g/mol. The molecule has 4 aromatic carbocycles. The van der Waals surface area contributed by atoms with Gasteiger partial charge in [-0.05, 0) is 73.0 Å². The molecule has 10 heteroatoms. The number of carbonyl (C=O) groups is 2. The van der Waals surface area contributed by atoms with E-state index in [1.165, 1.54) is 41.3 Å². The summed E-state index contributed by atoms with van der Waals surface area (Å²) < 4.78 is 42.9. The highest BCUT2D eigenvalue weighted by atomic mass is 35.5. The quantitative estimate of drug-likeness (QED) is 0.157. The molecule has 7 nitrogen and oxygen atoms in total. The van der Waals surface area contributed by atoms with Gasteiger partial charge in [-0.1, -0.05) is 85.1 Å². The van der Waals surface area contributed by atoms with E-state index < -0.39 is 34.3 Å². The lowest BCUT2D eigenvalue weighted by Crippen LogP contribution is -2.53. The van der Waals surface area contributed by atoms with E-state index in [4.69, 9.17) is 11.6 Å². The number of rotatable bonds is 14. The van der Waals surface area contributed by atoms with Gasteiger partial charge in [0.1, 0.15) is 18.4 Å². The van der Waals surface area contributed by atoms with E-state index in [2.05, 4.69) is 5.32 Å². The topological polar surface area (TPSA) is 86.8 Å². The Morgan fingerprint density at radius 3 is 2.13 bits per heavy atom. The zero-order valence-corrected chi connectivity index (χ0v) is 26.9. The molecule has 0 saturated heterocycles. The third-order valence-electron chi connectivity index (χ3n) is 7.37. The minimum absolute atomic E-state index is 0.0130. The van der Waals surface area contributed by atoms with Gasteiger partial charge in [0.15, 0.2) is 0 Å². The van der Waals surface area contributed by atoms with Crippen LogP contribution in [-0.2, 0) is 32.6 Å². The predicted octanol–water partition coefficient (Wildman–Crippen LogP) is 6.54. The van der Waals surface area contributed by atoms with Crippen LogP contribution in [0.1, 0.15) is 36.5 Å². The molecule has 0 fully saturated rings. The molecule has 1 N–H and O–H groups in total. The van der Waals surface area contributed by atoms with E-state index in [-0.39, 0.29) is 29.5 Å². The zero-order valence-electron chi connectivity index (χ0n) is 25.3. The Bertz CT molecular complexity index is 1670. The van der Waals surface area contributed by atoms with Crippen LogP contribution in [0.2, 0.25) is 5.02 Å². The maximum Gasteiger partial charge on any atom is 0.264 e. The molecule has 236 valence electrons. The highest BCUT2D eigenvalue weighted by molar-refractivity contribution is 7.92. The molecule has 0 aliphatic heterocycles. The summed E-state index contributed by atoms with van der Waals surface area (Å²) in [4.78, 5) is 29.5. The van der Waals surface area contributed by atoms with Gasteiger partial charge in [0.2, 0.25) is 11.8 Å². The summed E-state index contributed by atoms with van der Waals surface area (Å²) in [6, 6.07) is 26.5. The molecular weight excluding hydrogens is 613 g/mol. The molecule has 2 amide bonds. The Kier molecular flexibility index (Phi) is 11.7. The van der Waals surface area contributed by atoms with Crippen LogP contribution in [0, 0.1) is 12.7 Å². The summed E-state index contributed by atoms with van der Waals surface area (Å²) in [5, 5.41) is 3.35. The molecule has 0 aliphatic rings. The van der Waals surface area contributed by atoms with Crippen LogP contribution >= 0.6 is 11.6 Å². The van der Waals surface area contributed by atoms with Gasteiger partial charge < -0.3 is 10.2 Å². The SMILES string of the molecule is CCCCNC(=O)C(Cc1ccccc1)N(Cc1ccc(F)cc1)C(=O)CN(c1ccc(Cl)cc1)S(=O)(=O)c1ccc(C)cc1. The normalized spacial score (nSPS) is 11.9. The number of hydrogen-bond acceptors (Lipinski definition) is 4. The van der Waals surface area contributed by atoms with E-state index in [1.807, 2.05) is 44.2 Å². The van der Waals surface area contributed by atoms with Gasteiger partial charge in [-0.3, -0.25) is 13.9 Å². The Balaban J connectivity index is 1.78. The van der Waals surface area contributed by atoms with Crippen molar-refractivity contribution in [2.24, 2.45) is 0 Å². The second kappa shape index (κ2) is 15.7. The number of aryl methyl sites for hydroxylation is 1. The molecule has 0 saturated carbocycles. The fourth-order valence-electron chi connectivity index (χ4n) is 4.82. The van der Waals surface area contributed by atoms with Gasteiger partial charge in [-0.15, -0.1) is 0 Å². The van der Waals surface area contributed by atoms with Crippen LogP contribution < -0.4 is 9.62 Å². The maximum absolute atomic E-state index is 14.4.